The first-order valence-corrected chi connectivity index (χ1v) is 10.0. The predicted molar refractivity (Wildman–Crippen MR) is 113 cm³/mol. The maximum atomic E-state index is 12.2. The van der Waals surface area contributed by atoms with Gasteiger partial charge in [-0.2, -0.15) is 5.10 Å². The fraction of sp³-hybridized carbons (Fsp3) is 0.0556. The van der Waals surface area contributed by atoms with Gasteiger partial charge in [0.05, 0.1) is 17.6 Å². The van der Waals surface area contributed by atoms with Crippen molar-refractivity contribution < 1.29 is 4.79 Å². The van der Waals surface area contributed by atoms with Crippen molar-refractivity contribution >= 4 is 62.6 Å². The predicted octanol–water partition coefficient (Wildman–Crippen LogP) is 4.79. The molecule has 0 unspecified atom stereocenters. The monoisotopic (exact) mass is 483 g/mol. The third-order valence-electron chi connectivity index (χ3n) is 3.57. The first-order valence-electron chi connectivity index (χ1n) is 7.66. The molecule has 27 heavy (non-hydrogen) atoms. The minimum Gasteiger partial charge on any atom is -0.284 e. The van der Waals surface area contributed by atoms with Crippen molar-refractivity contribution in [1.29, 1.82) is 0 Å². The SMILES string of the molecule is O=C(N/N=C/c1sc(=O)n(Cc2ccc(Br)cc2)c1Cl)c1ccc(Cl)cc1. The molecule has 0 fully saturated rings. The molecule has 0 bridgehead atoms. The smallest absolute Gasteiger partial charge is 0.284 e. The van der Waals surface area contributed by atoms with Crippen molar-refractivity contribution in [3.63, 3.8) is 0 Å². The number of thiazole rings is 1. The summed E-state index contributed by atoms with van der Waals surface area (Å²) in [5.41, 5.74) is 3.76. The van der Waals surface area contributed by atoms with Crippen molar-refractivity contribution in [2.24, 2.45) is 5.10 Å². The van der Waals surface area contributed by atoms with E-state index in [0.717, 1.165) is 21.4 Å². The molecule has 0 aliphatic carbocycles. The third-order valence-corrected chi connectivity index (χ3v) is 5.78. The van der Waals surface area contributed by atoms with Crippen molar-refractivity contribution in [3.05, 3.63) is 88.9 Å². The third kappa shape index (κ3) is 5.07. The Kier molecular flexibility index (Phi) is 6.49. The number of nitrogens with zero attached hydrogens (tertiary/aromatic N) is 2. The molecule has 0 saturated heterocycles. The summed E-state index contributed by atoms with van der Waals surface area (Å²) >= 11 is 16.4. The summed E-state index contributed by atoms with van der Waals surface area (Å²) in [6.07, 6.45) is 1.36. The number of halogens is 3. The van der Waals surface area contributed by atoms with Gasteiger partial charge >= 0.3 is 4.87 Å². The van der Waals surface area contributed by atoms with Gasteiger partial charge in [-0.1, -0.05) is 62.6 Å². The normalized spacial score (nSPS) is 11.1. The van der Waals surface area contributed by atoms with Crippen LogP contribution in [0.2, 0.25) is 10.2 Å². The van der Waals surface area contributed by atoms with Crippen LogP contribution in [0.15, 0.2) is 62.9 Å². The van der Waals surface area contributed by atoms with Crippen LogP contribution in [-0.2, 0) is 6.54 Å². The van der Waals surface area contributed by atoms with E-state index in [0.29, 0.717) is 22.0 Å². The summed E-state index contributed by atoms with van der Waals surface area (Å²) in [7, 11) is 0. The number of aromatic nitrogens is 1. The lowest BCUT2D eigenvalue weighted by Crippen LogP contribution is -2.17. The summed E-state index contributed by atoms with van der Waals surface area (Å²) in [5.74, 6) is -0.388. The summed E-state index contributed by atoms with van der Waals surface area (Å²) < 4.78 is 2.41. The van der Waals surface area contributed by atoms with Gasteiger partial charge in [0.15, 0.2) is 0 Å². The van der Waals surface area contributed by atoms with Gasteiger partial charge in [-0.15, -0.1) is 0 Å². The van der Waals surface area contributed by atoms with E-state index >= 15 is 0 Å². The summed E-state index contributed by atoms with van der Waals surface area (Å²) in [5, 5.41) is 4.70. The number of carbonyl (C=O) groups is 1. The molecule has 1 amide bonds. The molecule has 2 aromatic carbocycles. The lowest BCUT2D eigenvalue weighted by Gasteiger charge is -2.04. The number of hydrazone groups is 1. The highest BCUT2D eigenvalue weighted by atomic mass is 79.9. The molecule has 0 saturated carbocycles. The molecule has 5 nitrogen and oxygen atoms in total. The van der Waals surface area contributed by atoms with Crippen LogP contribution in [-0.4, -0.2) is 16.7 Å². The Labute approximate surface area is 177 Å². The van der Waals surface area contributed by atoms with Gasteiger partial charge in [0.25, 0.3) is 5.91 Å². The zero-order valence-electron chi connectivity index (χ0n) is 13.7. The largest absolute Gasteiger partial charge is 0.309 e. The van der Waals surface area contributed by atoms with Crippen LogP contribution in [0.25, 0.3) is 0 Å². The summed E-state index contributed by atoms with van der Waals surface area (Å²) in [4.78, 5) is 24.5. The van der Waals surface area contributed by atoms with Crippen LogP contribution in [0.4, 0.5) is 0 Å². The van der Waals surface area contributed by atoms with E-state index < -0.39 is 0 Å². The van der Waals surface area contributed by atoms with E-state index in [1.165, 1.54) is 10.8 Å². The number of amides is 1. The van der Waals surface area contributed by atoms with Gasteiger partial charge in [0, 0.05) is 15.1 Å². The zero-order chi connectivity index (χ0) is 19.4. The Balaban J connectivity index is 1.71. The standard InChI is InChI=1S/C18H12BrCl2N3O2S/c19-13-5-1-11(2-6-13)10-24-16(21)15(27-18(24)26)9-22-23-17(25)12-3-7-14(20)8-4-12/h1-9H,10H2,(H,23,25)/b22-9+. The van der Waals surface area contributed by atoms with Crippen molar-refractivity contribution in [3.8, 4) is 0 Å². The molecule has 0 aliphatic rings. The summed E-state index contributed by atoms with van der Waals surface area (Å²) in [6.45, 7) is 0.354. The average Bonchev–Trinajstić information content (AvgIpc) is 2.91. The van der Waals surface area contributed by atoms with Crippen LogP contribution in [0, 0.1) is 0 Å². The van der Waals surface area contributed by atoms with Gasteiger partial charge in [0.1, 0.15) is 5.15 Å². The van der Waals surface area contributed by atoms with Crippen LogP contribution < -0.4 is 10.3 Å². The Morgan fingerprint density at radius 3 is 2.48 bits per heavy atom. The maximum absolute atomic E-state index is 12.2. The molecule has 138 valence electrons. The van der Waals surface area contributed by atoms with Crippen molar-refractivity contribution in [2.45, 2.75) is 6.54 Å². The average molecular weight is 485 g/mol. The molecular weight excluding hydrogens is 473 g/mol. The lowest BCUT2D eigenvalue weighted by molar-refractivity contribution is 0.0955. The zero-order valence-corrected chi connectivity index (χ0v) is 17.6. The van der Waals surface area contributed by atoms with Crippen LogP contribution in [0.5, 0.6) is 0 Å². The van der Waals surface area contributed by atoms with Gasteiger partial charge in [0.2, 0.25) is 0 Å². The second kappa shape index (κ2) is 8.84. The van der Waals surface area contributed by atoms with Crippen molar-refractivity contribution in [1.82, 2.24) is 9.99 Å². The van der Waals surface area contributed by atoms with E-state index in [9.17, 15) is 9.59 Å². The highest BCUT2D eigenvalue weighted by Crippen LogP contribution is 2.19. The fourth-order valence-corrected chi connectivity index (χ4v) is 3.70. The van der Waals surface area contributed by atoms with Gasteiger partial charge in [-0.25, -0.2) is 5.43 Å². The Bertz CT molecular complexity index is 1040. The van der Waals surface area contributed by atoms with E-state index in [4.69, 9.17) is 23.2 Å². The molecule has 0 aliphatic heterocycles. The van der Waals surface area contributed by atoms with E-state index in [1.54, 1.807) is 24.3 Å². The molecule has 1 N–H and O–H groups in total. The van der Waals surface area contributed by atoms with Crippen LogP contribution in [0.3, 0.4) is 0 Å². The number of benzene rings is 2. The quantitative estimate of drug-likeness (QED) is 0.418. The maximum Gasteiger partial charge on any atom is 0.309 e. The second-order valence-electron chi connectivity index (χ2n) is 5.44. The van der Waals surface area contributed by atoms with Crippen LogP contribution >= 0.6 is 50.5 Å². The fourth-order valence-electron chi connectivity index (χ4n) is 2.21. The summed E-state index contributed by atoms with van der Waals surface area (Å²) in [6, 6.07) is 14.0. The van der Waals surface area contributed by atoms with Crippen molar-refractivity contribution in [2.75, 3.05) is 0 Å². The van der Waals surface area contributed by atoms with Gasteiger partial charge in [-0.05, 0) is 42.0 Å². The molecule has 3 rings (SSSR count). The number of hydrogen-bond acceptors (Lipinski definition) is 4. The highest BCUT2D eigenvalue weighted by Gasteiger charge is 2.12. The number of hydrogen-bond donors (Lipinski definition) is 1. The first-order chi connectivity index (χ1) is 12.9. The minimum atomic E-state index is -0.388. The van der Waals surface area contributed by atoms with Gasteiger partial charge < -0.3 is 0 Å². The topological polar surface area (TPSA) is 63.5 Å². The molecule has 1 aromatic heterocycles. The number of carbonyl (C=O) groups excluding carboxylic acids is 1. The molecule has 3 aromatic rings. The number of rotatable bonds is 5. The molecule has 0 spiro atoms. The molecule has 1 heterocycles. The molecule has 9 heteroatoms. The lowest BCUT2D eigenvalue weighted by atomic mass is 10.2. The second-order valence-corrected chi connectivity index (χ2v) is 8.14. The Morgan fingerprint density at radius 1 is 1.15 bits per heavy atom. The molecule has 0 radical (unpaired) electrons. The molecular formula is C18H12BrCl2N3O2S. The van der Waals surface area contributed by atoms with Gasteiger partial charge in [-0.3, -0.25) is 14.2 Å². The Hall–Kier alpha value is -1.93. The Morgan fingerprint density at radius 2 is 1.81 bits per heavy atom. The van der Waals surface area contributed by atoms with Crippen LogP contribution in [0.1, 0.15) is 20.8 Å². The van der Waals surface area contributed by atoms with E-state index in [2.05, 4.69) is 26.5 Å². The highest BCUT2D eigenvalue weighted by molar-refractivity contribution is 9.10. The van der Waals surface area contributed by atoms with E-state index in [1.807, 2.05) is 24.3 Å². The minimum absolute atomic E-state index is 0.201. The van der Waals surface area contributed by atoms with E-state index in [-0.39, 0.29) is 15.9 Å². The first kappa shape index (κ1) is 19.8. The number of nitrogens with one attached hydrogen (secondary N) is 1. The molecule has 0 atom stereocenters.